The largest absolute Gasteiger partial charge is 0.458 e. The summed E-state index contributed by atoms with van der Waals surface area (Å²) in [7, 11) is 0. The molecule has 0 bridgehead atoms. The number of ether oxygens (including phenoxy) is 7. The van der Waals surface area contributed by atoms with Crippen molar-refractivity contribution >= 4 is 34.6 Å². The minimum absolute atomic E-state index is 0.00104. The third-order valence-corrected chi connectivity index (χ3v) is 13.2. The Bertz CT molecular complexity index is 2400. The molecule has 3 aromatic rings. The zero-order valence-corrected chi connectivity index (χ0v) is 41.9. The molecule has 392 valence electrons. The smallest absolute Gasteiger partial charge is 0.343 e. The maximum Gasteiger partial charge on any atom is 0.343 e. The van der Waals surface area contributed by atoms with E-state index >= 15 is 4.39 Å². The van der Waals surface area contributed by atoms with Gasteiger partial charge in [-0.2, -0.15) is 0 Å². The molecule has 6 N–H and O–H groups in total. The van der Waals surface area contributed by atoms with Crippen LogP contribution in [0.1, 0.15) is 112 Å². The second-order valence-electron chi connectivity index (χ2n) is 18.5. The van der Waals surface area contributed by atoms with Crippen molar-refractivity contribution in [1.29, 1.82) is 0 Å². The molecule has 0 fully saturated rings. The van der Waals surface area contributed by atoms with Crippen molar-refractivity contribution in [2.45, 2.75) is 123 Å². The molecule has 71 heavy (non-hydrogen) atoms. The van der Waals surface area contributed by atoms with E-state index in [1.807, 2.05) is 0 Å². The number of benzene rings is 1. The van der Waals surface area contributed by atoms with E-state index in [4.69, 9.17) is 43.9 Å². The number of unbranched alkanes of at least 4 members (excludes halogenated alkanes) is 1. The molecule has 1 aliphatic carbocycles. The number of nitrogens with two attached hydrogens (primary N) is 1. The van der Waals surface area contributed by atoms with Crippen LogP contribution in [0.4, 0.5) is 4.39 Å². The number of amides is 3. The lowest BCUT2D eigenvalue weighted by atomic mass is 9.81. The highest BCUT2D eigenvalue weighted by Gasteiger charge is 2.46. The highest BCUT2D eigenvalue weighted by atomic mass is 19.1. The summed E-state index contributed by atoms with van der Waals surface area (Å²) in [5.74, 6) is -3.00. The van der Waals surface area contributed by atoms with Crippen LogP contribution in [0.15, 0.2) is 16.9 Å². The molecule has 3 amide bonds. The van der Waals surface area contributed by atoms with Gasteiger partial charge in [0.25, 0.3) is 5.56 Å². The van der Waals surface area contributed by atoms with Gasteiger partial charge in [-0.05, 0) is 87.1 Å². The quantitative estimate of drug-likeness (QED) is 0.0359. The van der Waals surface area contributed by atoms with Gasteiger partial charge in [0.1, 0.15) is 24.5 Å². The first-order valence-electron chi connectivity index (χ1n) is 25.1. The summed E-state index contributed by atoms with van der Waals surface area (Å²) < 4.78 is 55.2. The third kappa shape index (κ3) is 13.6. The maximum atomic E-state index is 15.5. The standard InChI is InChI=1S/C51H73FN6O13/c1-6-15-65-17-19-67-21-23-69-25-26-70-24-22-68-20-18-66-16-13-42(59)57-45(31(3)4)48(61)56-39(10-8-9-14-53)47(60)55-38-12-11-33-32(5)37(52)28-40-43(33)44(38)34-29-58-41(46(34)54-40)27-36-35(49(58)62)30-71-50(63)51(36,64)7-2/h27-28,31,38-39,45,64H,6-26,29-30,53H2,1-5H3,(H,55,60)(H,56,61)(H,57,59). The van der Waals surface area contributed by atoms with Gasteiger partial charge < -0.3 is 64.5 Å². The molecule has 1 aromatic carbocycles. The van der Waals surface area contributed by atoms with Crippen LogP contribution in [0.5, 0.6) is 0 Å². The van der Waals surface area contributed by atoms with Gasteiger partial charge in [0.2, 0.25) is 17.7 Å². The molecular formula is C51H73FN6O13. The molecule has 19 nitrogen and oxygen atoms in total. The molecule has 0 spiro atoms. The second kappa shape index (κ2) is 26.7. The SMILES string of the molecule is CCCOCCOCCOCCOCCOCCOCCC(=O)NC(C(=O)NC(CCCCN)C(=O)NC1CCc2c(C)c(F)cc3nc4c(c1c23)Cn1c-4cc2c(c1=O)COC(=O)C2(O)CC)C(C)C. The number of aryl methyl sites for hydroxylation is 1. The van der Waals surface area contributed by atoms with Crippen LogP contribution in [0.3, 0.4) is 0 Å². The maximum absolute atomic E-state index is 15.5. The van der Waals surface area contributed by atoms with Gasteiger partial charge in [-0.15, -0.1) is 0 Å². The Hall–Kier alpha value is -4.93. The molecule has 6 rings (SSSR count). The predicted molar refractivity (Wildman–Crippen MR) is 260 cm³/mol. The summed E-state index contributed by atoms with van der Waals surface area (Å²) in [4.78, 5) is 73.4. The number of fused-ring (bicyclic) bond motifs is 5. The summed E-state index contributed by atoms with van der Waals surface area (Å²) in [6.07, 6.45) is 3.15. The average Bonchev–Trinajstić information content (AvgIpc) is 3.72. The van der Waals surface area contributed by atoms with E-state index in [0.29, 0.717) is 131 Å². The molecule has 2 aromatic heterocycles. The van der Waals surface area contributed by atoms with Crippen LogP contribution in [0.25, 0.3) is 22.3 Å². The lowest BCUT2D eigenvalue weighted by Crippen LogP contribution is -2.55. The van der Waals surface area contributed by atoms with Crippen molar-refractivity contribution < 1.29 is 61.8 Å². The Balaban J connectivity index is 1.04. The van der Waals surface area contributed by atoms with E-state index < -0.39 is 58.8 Å². The van der Waals surface area contributed by atoms with Crippen LogP contribution < -0.4 is 27.2 Å². The predicted octanol–water partition coefficient (Wildman–Crippen LogP) is 3.28. The Morgan fingerprint density at radius 3 is 2.08 bits per heavy atom. The summed E-state index contributed by atoms with van der Waals surface area (Å²) in [5, 5.41) is 21.0. The second-order valence-corrected chi connectivity index (χ2v) is 18.5. The number of rotatable bonds is 31. The number of nitrogens with zero attached hydrogens (tertiary/aromatic N) is 2. The van der Waals surface area contributed by atoms with Crippen LogP contribution in [-0.4, -0.2) is 136 Å². The van der Waals surface area contributed by atoms with E-state index in [-0.39, 0.29) is 62.7 Å². The molecule has 20 heteroatoms. The fourth-order valence-electron chi connectivity index (χ4n) is 9.29. The Labute approximate surface area is 414 Å². The summed E-state index contributed by atoms with van der Waals surface area (Å²) in [6, 6.07) is 0.355. The highest BCUT2D eigenvalue weighted by Crippen LogP contribution is 2.46. The number of pyridine rings is 2. The van der Waals surface area contributed by atoms with E-state index in [0.717, 1.165) is 18.6 Å². The number of hydrogen-bond acceptors (Lipinski definition) is 15. The minimum Gasteiger partial charge on any atom is -0.458 e. The zero-order valence-electron chi connectivity index (χ0n) is 41.9. The van der Waals surface area contributed by atoms with Crippen molar-refractivity contribution in [1.82, 2.24) is 25.5 Å². The number of nitrogens with one attached hydrogen (secondary N) is 3. The van der Waals surface area contributed by atoms with Crippen molar-refractivity contribution in [3.05, 3.63) is 61.7 Å². The highest BCUT2D eigenvalue weighted by molar-refractivity contribution is 5.95. The number of cyclic esters (lactones) is 1. The normalized spacial score (nSPS) is 17.6. The van der Waals surface area contributed by atoms with Gasteiger partial charge in [0.05, 0.1) is 108 Å². The minimum atomic E-state index is -2.04. The number of carbonyl (C=O) groups excluding carboxylic acids is 4. The van der Waals surface area contributed by atoms with Gasteiger partial charge in [0, 0.05) is 35.6 Å². The zero-order chi connectivity index (χ0) is 51.1. The van der Waals surface area contributed by atoms with Crippen LogP contribution in [-0.2, 0) is 77.5 Å². The van der Waals surface area contributed by atoms with Crippen molar-refractivity contribution in [2.75, 3.05) is 85.8 Å². The number of aromatic nitrogens is 2. The van der Waals surface area contributed by atoms with E-state index in [1.165, 1.54) is 10.6 Å². The summed E-state index contributed by atoms with van der Waals surface area (Å²) >= 11 is 0. The van der Waals surface area contributed by atoms with E-state index in [9.17, 15) is 29.1 Å². The lowest BCUT2D eigenvalue weighted by molar-refractivity contribution is -0.172. The Morgan fingerprint density at radius 2 is 1.49 bits per heavy atom. The molecule has 4 heterocycles. The molecule has 0 radical (unpaired) electrons. The van der Waals surface area contributed by atoms with Crippen molar-refractivity contribution in [2.24, 2.45) is 11.7 Å². The Kier molecular flexibility index (Phi) is 20.8. The molecule has 3 aliphatic rings. The van der Waals surface area contributed by atoms with Gasteiger partial charge in [0.15, 0.2) is 5.60 Å². The van der Waals surface area contributed by atoms with Gasteiger partial charge in [-0.25, -0.2) is 14.2 Å². The lowest BCUT2D eigenvalue weighted by Gasteiger charge is -2.32. The first-order valence-corrected chi connectivity index (χ1v) is 25.1. The van der Waals surface area contributed by atoms with Crippen molar-refractivity contribution in [3.8, 4) is 11.4 Å². The number of aliphatic hydroxyl groups is 1. The van der Waals surface area contributed by atoms with Crippen LogP contribution >= 0.6 is 0 Å². The fraction of sp³-hybridized carbons (Fsp3) is 0.647. The van der Waals surface area contributed by atoms with Gasteiger partial charge in [-0.1, -0.05) is 27.7 Å². The van der Waals surface area contributed by atoms with E-state index in [2.05, 4.69) is 22.9 Å². The molecule has 0 saturated carbocycles. The first-order chi connectivity index (χ1) is 34.2. The van der Waals surface area contributed by atoms with Crippen LogP contribution in [0.2, 0.25) is 0 Å². The number of carbonyl (C=O) groups is 4. The molecule has 0 saturated heterocycles. The topological polar surface area (TPSA) is 250 Å². The fourth-order valence-corrected chi connectivity index (χ4v) is 9.29. The summed E-state index contributed by atoms with van der Waals surface area (Å²) in [6.45, 7) is 14.3. The Morgan fingerprint density at radius 1 is 0.873 bits per heavy atom. The number of hydrogen-bond donors (Lipinski definition) is 5. The molecule has 2 aliphatic heterocycles. The first kappa shape index (κ1) is 55.4. The molecule has 4 atom stereocenters. The summed E-state index contributed by atoms with van der Waals surface area (Å²) in [5.41, 5.74) is 7.27. The van der Waals surface area contributed by atoms with Crippen LogP contribution in [0, 0.1) is 18.7 Å². The number of halogens is 1. The third-order valence-electron chi connectivity index (χ3n) is 13.2. The molecular weight excluding hydrogens is 924 g/mol. The van der Waals surface area contributed by atoms with Gasteiger partial charge in [-0.3, -0.25) is 19.2 Å². The average molecular weight is 997 g/mol. The number of esters is 1. The van der Waals surface area contributed by atoms with Crippen molar-refractivity contribution in [3.63, 3.8) is 0 Å². The molecule has 4 unspecified atom stereocenters. The monoisotopic (exact) mass is 997 g/mol. The van der Waals surface area contributed by atoms with Gasteiger partial charge >= 0.3 is 5.97 Å². The van der Waals surface area contributed by atoms with E-state index in [1.54, 1.807) is 33.8 Å².